The lowest BCUT2D eigenvalue weighted by Crippen LogP contribution is -2.37. The van der Waals surface area contributed by atoms with Crippen molar-refractivity contribution >= 4 is 23.2 Å². The Hall–Kier alpha value is -1.16. The minimum atomic E-state index is 0.407. The van der Waals surface area contributed by atoms with Crippen LogP contribution < -0.4 is 0 Å². The molecule has 0 amide bonds. The van der Waals surface area contributed by atoms with Crippen LogP contribution in [-0.2, 0) is 13.0 Å². The van der Waals surface area contributed by atoms with E-state index in [1.165, 1.54) is 24.1 Å². The Kier molecular flexibility index (Phi) is 3.60. The Bertz CT molecular complexity index is 732. The van der Waals surface area contributed by atoms with Crippen LogP contribution in [0.25, 0.3) is 0 Å². The van der Waals surface area contributed by atoms with Gasteiger partial charge in [0.25, 0.3) is 0 Å². The number of hydrogen-bond acceptors (Lipinski definition) is 3. The van der Waals surface area contributed by atoms with E-state index in [4.69, 9.17) is 23.2 Å². The maximum absolute atomic E-state index is 6.37. The number of halogens is 2. The standard InChI is InChI=1S/C17H17Cl2N3/c1-10-20-8-13-15(21-10)7-12-5-6-16(13)22(12)9-11-3-2-4-14(18)17(11)19/h2-4,8,12,16H,5-7,9H2,1H3. The van der Waals surface area contributed by atoms with E-state index < -0.39 is 0 Å². The summed E-state index contributed by atoms with van der Waals surface area (Å²) in [5.74, 6) is 0.865. The molecule has 3 heterocycles. The van der Waals surface area contributed by atoms with Crippen LogP contribution in [-0.4, -0.2) is 20.9 Å². The lowest BCUT2D eigenvalue weighted by molar-refractivity contribution is 0.166. The highest BCUT2D eigenvalue weighted by atomic mass is 35.5. The highest BCUT2D eigenvalue weighted by molar-refractivity contribution is 6.42. The minimum Gasteiger partial charge on any atom is -0.289 e. The zero-order chi connectivity index (χ0) is 15.3. The number of aromatic nitrogens is 2. The summed E-state index contributed by atoms with van der Waals surface area (Å²) in [5, 5.41) is 1.30. The second kappa shape index (κ2) is 5.48. The molecule has 0 saturated carbocycles. The van der Waals surface area contributed by atoms with Crippen molar-refractivity contribution in [1.82, 2.24) is 14.9 Å². The monoisotopic (exact) mass is 333 g/mol. The first kappa shape index (κ1) is 14.4. The van der Waals surface area contributed by atoms with Crippen LogP contribution in [0, 0.1) is 6.92 Å². The first-order chi connectivity index (χ1) is 10.6. The van der Waals surface area contributed by atoms with Crippen molar-refractivity contribution in [1.29, 1.82) is 0 Å². The molecule has 114 valence electrons. The molecule has 5 heteroatoms. The molecule has 1 saturated heterocycles. The number of benzene rings is 1. The highest BCUT2D eigenvalue weighted by Gasteiger charge is 2.40. The van der Waals surface area contributed by atoms with Gasteiger partial charge in [-0.15, -0.1) is 0 Å². The molecule has 0 radical (unpaired) electrons. The Morgan fingerprint density at radius 2 is 2.14 bits per heavy atom. The maximum Gasteiger partial charge on any atom is 0.125 e. The van der Waals surface area contributed by atoms with Gasteiger partial charge in [0.15, 0.2) is 0 Å². The third-order valence-electron chi connectivity index (χ3n) is 4.84. The van der Waals surface area contributed by atoms with Gasteiger partial charge in [0.1, 0.15) is 5.82 Å². The summed E-state index contributed by atoms with van der Waals surface area (Å²) in [6, 6.07) is 6.82. The molecule has 0 N–H and O–H groups in total. The fourth-order valence-corrected chi connectivity index (χ4v) is 4.17. The minimum absolute atomic E-state index is 0.407. The summed E-state index contributed by atoms with van der Waals surface area (Å²) in [4.78, 5) is 11.6. The van der Waals surface area contributed by atoms with Gasteiger partial charge in [-0.05, 0) is 31.4 Å². The number of aryl methyl sites for hydroxylation is 1. The number of rotatable bonds is 2. The van der Waals surface area contributed by atoms with Crippen LogP contribution in [0.2, 0.25) is 10.0 Å². The van der Waals surface area contributed by atoms with Gasteiger partial charge >= 0.3 is 0 Å². The third kappa shape index (κ3) is 2.32. The van der Waals surface area contributed by atoms with Crippen LogP contribution in [0.4, 0.5) is 0 Å². The van der Waals surface area contributed by atoms with Crippen molar-refractivity contribution in [3.8, 4) is 0 Å². The van der Waals surface area contributed by atoms with Crippen molar-refractivity contribution in [2.24, 2.45) is 0 Å². The topological polar surface area (TPSA) is 29.0 Å². The molecule has 2 aliphatic rings. The maximum atomic E-state index is 6.37. The second-order valence-electron chi connectivity index (χ2n) is 6.16. The van der Waals surface area contributed by atoms with E-state index in [0.717, 1.165) is 24.4 Å². The van der Waals surface area contributed by atoms with E-state index in [1.54, 1.807) is 0 Å². The smallest absolute Gasteiger partial charge is 0.125 e. The first-order valence-corrected chi connectivity index (χ1v) is 8.40. The molecule has 1 fully saturated rings. The molecular formula is C17H17Cl2N3. The lowest BCUT2D eigenvalue weighted by atomic mass is 9.98. The molecule has 2 aliphatic heterocycles. The summed E-state index contributed by atoms with van der Waals surface area (Å²) in [6.07, 6.45) is 5.39. The summed E-state index contributed by atoms with van der Waals surface area (Å²) in [7, 11) is 0. The van der Waals surface area contributed by atoms with Gasteiger partial charge in [-0.1, -0.05) is 35.3 Å². The van der Waals surface area contributed by atoms with Gasteiger partial charge < -0.3 is 0 Å². The number of fused-ring (bicyclic) bond motifs is 4. The predicted octanol–water partition coefficient (Wildman–Crippen LogP) is 4.35. The van der Waals surface area contributed by atoms with Crippen LogP contribution in [0.3, 0.4) is 0 Å². The molecule has 0 spiro atoms. The highest BCUT2D eigenvalue weighted by Crippen LogP contribution is 2.44. The van der Waals surface area contributed by atoms with Gasteiger partial charge in [0, 0.05) is 36.8 Å². The summed E-state index contributed by atoms with van der Waals surface area (Å²) in [5.41, 5.74) is 3.62. The molecule has 2 aromatic rings. The van der Waals surface area contributed by atoms with E-state index in [0.29, 0.717) is 22.1 Å². The van der Waals surface area contributed by atoms with Crippen molar-refractivity contribution in [2.75, 3.05) is 0 Å². The third-order valence-corrected chi connectivity index (χ3v) is 5.69. The molecule has 4 rings (SSSR count). The average Bonchev–Trinajstić information content (AvgIpc) is 2.77. The van der Waals surface area contributed by atoms with Crippen molar-refractivity contribution in [3.05, 3.63) is 57.1 Å². The normalized spacial score (nSPS) is 23.6. The molecular weight excluding hydrogens is 317 g/mol. The van der Waals surface area contributed by atoms with E-state index in [9.17, 15) is 0 Å². The Morgan fingerprint density at radius 1 is 1.27 bits per heavy atom. The molecule has 2 atom stereocenters. The molecule has 2 bridgehead atoms. The Labute approximate surface area is 140 Å². The van der Waals surface area contributed by atoms with Gasteiger partial charge in [0.05, 0.1) is 15.7 Å². The van der Waals surface area contributed by atoms with E-state index in [1.807, 2.05) is 25.3 Å². The Morgan fingerprint density at radius 3 is 3.00 bits per heavy atom. The summed E-state index contributed by atoms with van der Waals surface area (Å²) in [6.45, 7) is 2.79. The first-order valence-electron chi connectivity index (χ1n) is 7.64. The summed E-state index contributed by atoms with van der Waals surface area (Å²) < 4.78 is 0. The molecule has 3 nitrogen and oxygen atoms in total. The molecule has 22 heavy (non-hydrogen) atoms. The van der Waals surface area contributed by atoms with Gasteiger partial charge in [-0.25, -0.2) is 9.97 Å². The largest absolute Gasteiger partial charge is 0.289 e. The predicted molar refractivity (Wildman–Crippen MR) is 88.2 cm³/mol. The number of hydrogen-bond donors (Lipinski definition) is 0. The quantitative estimate of drug-likeness (QED) is 0.817. The van der Waals surface area contributed by atoms with Crippen LogP contribution in [0.15, 0.2) is 24.4 Å². The summed E-state index contributed by atoms with van der Waals surface area (Å²) >= 11 is 12.5. The second-order valence-corrected chi connectivity index (χ2v) is 6.94. The van der Waals surface area contributed by atoms with Crippen molar-refractivity contribution < 1.29 is 0 Å². The fourth-order valence-electron chi connectivity index (χ4n) is 3.79. The lowest BCUT2D eigenvalue weighted by Gasteiger charge is -2.35. The van der Waals surface area contributed by atoms with Gasteiger partial charge in [-0.3, -0.25) is 4.90 Å². The van der Waals surface area contributed by atoms with Gasteiger partial charge in [0.2, 0.25) is 0 Å². The van der Waals surface area contributed by atoms with E-state index >= 15 is 0 Å². The van der Waals surface area contributed by atoms with Crippen LogP contribution in [0.5, 0.6) is 0 Å². The molecule has 0 aliphatic carbocycles. The number of nitrogens with zero attached hydrogens (tertiary/aromatic N) is 3. The molecule has 1 aromatic carbocycles. The van der Waals surface area contributed by atoms with E-state index in [2.05, 4.69) is 20.9 Å². The van der Waals surface area contributed by atoms with Crippen LogP contribution in [0.1, 0.15) is 41.5 Å². The van der Waals surface area contributed by atoms with E-state index in [-0.39, 0.29) is 0 Å². The Balaban J connectivity index is 1.67. The SMILES string of the molecule is Cc1ncc2c(n1)CC1CCC2N1Cc1cccc(Cl)c1Cl. The zero-order valence-electron chi connectivity index (χ0n) is 12.4. The molecule has 2 unspecified atom stereocenters. The van der Waals surface area contributed by atoms with Crippen molar-refractivity contribution in [2.45, 2.75) is 44.8 Å². The van der Waals surface area contributed by atoms with Gasteiger partial charge in [-0.2, -0.15) is 0 Å². The fraction of sp³-hybridized carbons (Fsp3) is 0.412. The average molecular weight is 334 g/mol. The van der Waals surface area contributed by atoms with Crippen molar-refractivity contribution in [3.63, 3.8) is 0 Å². The van der Waals surface area contributed by atoms with Crippen LogP contribution >= 0.6 is 23.2 Å². The molecule has 1 aromatic heterocycles. The zero-order valence-corrected chi connectivity index (χ0v) is 13.9.